The minimum Gasteiger partial charge on any atom is -0.469 e. The van der Waals surface area contributed by atoms with E-state index in [1.165, 1.54) is 14.2 Å². The molecule has 23 heavy (non-hydrogen) atoms. The molecule has 0 N–H and O–H groups in total. The van der Waals surface area contributed by atoms with Crippen LogP contribution in [0.3, 0.4) is 0 Å². The quantitative estimate of drug-likeness (QED) is 0.793. The van der Waals surface area contributed by atoms with Crippen LogP contribution in [0.15, 0.2) is 36.5 Å². The molecule has 0 bridgehead atoms. The summed E-state index contributed by atoms with van der Waals surface area (Å²) in [5, 5.41) is 0. The second-order valence-electron chi connectivity index (χ2n) is 5.18. The van der Waals surface area contributed by atoms with Crippen molar-refractivity contribution >= 4 is 11.9 Å². The number of aryl methyl sites for hydroxylation is 1. The summed E-state index contributed by atoms with van der Waals surface area (Å²) < 4.78 is 9.55. The highest BCUT2D eigenvalue weighted by atomic mass is 16.5. The molecule has 5 heteroatoms. The highest BCUT2D eigenvalue weighted by Gasteiger charge is 2.18. The number of rotatable bonds is 5. The molecule has 0 aliphatic heterocycles. The highest BCUT2D eigenvalue weighted by Crippen LogP contribution is 2.29. The van der Waals surface area contributed by atoms with Gasteiger partial charge < -0.3 is 9.47 Å². The molecule has 0 atom stereocenters. The fourth-order valence-electron chi connectivity index (χ4n) is 2.52. The van der Waals surface area contributed by atoms with Crippen LogP contribution in [0.1, 0.15) is 16.7 Å². The summed E-state index contributed by atoms with van der Waals surface area (Å²) >= 11 is 0. The number of carbonyl (C=O) groups is 2. The van der Waals surface area contributed by atoms with Gasteiger partial charge in [0, 0.05) is 11.8 Å². The Bertz CT molecular complexity index is 671. The Balaban J connectivity index is 2.60. The number of aromatic nitrogens is 1. The monoisotopic (exact) mass is 313 g/mol. The average Bonchev–Trinajstić information content (AvgIpc) is 2.55. The van der Waals surface area contributed by atoms with E-state index in [0.717, 1.165) is 22.3 Å². The van der Waals surface area contributed by atoms with Gasteiger partial charge in [0.25, 0.3) is 0 Å². The molecule has 2 rings (SSSR count). The van der Waals surface area contributed by atoms with E-state index in [1.807, 2.05) is 37.3 Å². The summed E-state index contributed by atoms with van der Waals surface area (Å²) in [5.41, 5.74) is 4.03. The van der Waals surface area contributed by atoms with Crippen molar-refractivity contribution in [2.75, 3.05) is 14.2 Å². The van der Waals surface area contributed by atoms with E-state index in [-0.39, 0.29) is 24.8 Å². The SMILES string of the molecule is COC(=O)Cc1cc(C)cc(CC(=O)OC)c1-c1ccccn1. The van der Waals surface area contributed by atoms with Gasteiger partial charge in [0.1, 0.15) is 0 Å². The molecule has 0 radical (unpaired) electrons. The van der Waals surface area contributed by atoms with Crippen molar-refractivity contribution in [1.29, 1.82) is 0 Å². The molecule has 2 aromatic rings. The molecular weight excluding hydrogens is 294 g/mol. The van der Waals surface area contributed by atoms with E-state index >= 15 is 0 Å². The normalized spacial score (nSPS) is 10.2. The number of ether oxygens (including phenoxy) is 2. The first-order valence-electron chi connectivity index (χ1n) is 7.22. The van der Waals surface area contributed by atoms with Crippen LogP contribution in [-0.2, 0) is 31.9 Å². The lowest BCUT2D eigenvalue weighted by Gasteiger charge is -2.15. The van der Waals surface area contributed by atoms with Crippen LogP contribution in [0.5, 0.6) is 0 Å². The van der Waals surface area contributed by atoms with Gasteiger partial charge >= 0.3 is 11.9 Å². The molecular formula is C18H19NO4. The number of methoxy groups -OCH3 is 2. The Hall–Kier alpha value is -2.69. The summed E-state index contributed by atoms with van der Waals surface area (Å²) in [6.45, 7) is 1.92. The van der Waals surface area contributed by atoms with E-state index in [4.69, 9.17) is 9.47 Å². The summed E-state index contributed by atoms with van der Waals surface area (Å²) in [6.07, 6.45) is 1.93. The minimum atomic E-state index is -0.336. The molecule has 0 spiro atoms. The lowest BCUT2D eigenvalue weighted by Crippen LogP contribution is -2.11. The van der Waals surface area contributed by atoms with E-state index < -0.39 is 0 Å². The maximum Gasteiger partial charge on any atom is 0.310 e. The molecule has 1 aromatic heterocycles. The maximum absolute atomic E-state index is 11.7. The van der Waals surface area contributed by atoms with E-state index in [2.05, 4.69) is 4.98 Å². The van der Waals surface area contributed by atoms with Gasteiger partial charge in [0.05, 0.1) is 32.8 Å². The number of esters is 2. The summed E-state index contributed by atoms with van der Waals surface area (Å²) in [6, 6.07) is 9.37. The fraction of sp³-hybridized carbons (Fsp3) is 0.278. The predicted octanol–water partition coefficient (Wildman–Crippen LogP) is 2.49. The Kier molecular flexibility index (Phi) is 5.46. The van der Waals surface area contributed by atoms with E-state index in [9.17, 15) is 9.59 Å². The number of hydrogen-bond acceptors (Lipinski definition) is 5. The molecule has 0 aliphatic rings. The molecule has 0 saturated carbocycles. The first-order chi connectivity index (χ1) is 11.0. The van der Waals surface area contributed by atoms with Crippen molar-refractivity contribution in [3.05, 3.63) is 53.2 Å². The number of pyridine rings is 1. The van der Waals surface area contributed by atoms with Gasteiger partial charge in [0.15, 0.2) is 0 Å². The molecule has 0 fully saturated rings. The second-order valence-corrected chi connectivity index (χ2v) is 5.18. The largest absolute Gasteiger partial charge is 0.469 e. The van der Waals surface area contributed by atoms with Gasteiger partial charge in [-0.2, -0.15) is 0 Å². The lowest BCUT2D eigenvalue weighted by atomic mass is 9.92. The third-order valence-corrected chi connectivity index (χ3v) is 3.49. The van der Waals surface area contributed by atoms with Crippen LogP contribution in [0, 0.1) is 6.92 Å². The molecule has 1 heterocycles. The minimum absolute atomic E-state index is 0.123. The molecule has 0 aliphatic carbocycles. The molecule has 0 unspecified atom stereocenters. The molecule has 0 amide bonds. The number of benzene rings is 1. The topological polar surface area (TPSA) is 65.5 Å². The summed E-state index contributed by atoms with van der Waals surface area (Å²) in [5.74, 6) is -0.673. The van der Waals surface area contributed by atoms with Crippen molar-refractivity contribution in [2.24, 2.45) is 0 Å². The third-order valence-electron chi connectivity index (χ3n) is 3.49. The van der Waals surface area contributed by atoms with Crippen LogP contribution in [0.2, 0.25) is 0 Å². The zero-order valence-corrected chi connectivity index (χ0v) is 13.5. The maximum atomic E-state index is 11.7. The van der Waals surface area contributed by atoms with Gasteiger partial charge in [-0.15, -0.1) is 0 Å². The highest BCUT2D eigenvalue weighted by molar-refractivity contribution is 5.82. The van der Waals surface area contributed by atoms with Crippen molar-refractivity contribution in [2.45, 2.75) is 19.8 Å². The predicted molar refractivity (Wildman–Crippen MR) is 85.9 cm³/mol. The Morgan fingerprint density at radius 1 is 1.00 bits per heavy atom. The standard InChI is InChI=1S/C18H19NO4/c1-12-8-13(10-16(20)22-2)18(15-6-4-5-7-19-15)14(9-12)11-17(21)23-3/h4-9H,10-11H2,1-3H3. The van der Waals surface area contributed by atoms with Crippen LogP contribution in [-0.4, -0.2) is 31.1 Å². The lowest BCUT2D eigenvalue weighted by molar-refractivity contribution is -0.140. The number of carbonyl (C=O) groups excluding carboxylic acids is 2. The Labute approximate surface area is 135 Å². The van der Waals surface area contributed by atoms with Crippen molar-refractivity contribution in [3.63, 3.8) is 0 Å². The van der Waals surface area contributed by atoms with Gasteiger partial charge in [-0.25, -0.2) is 0 Å². The number of nitrogens with zero attached hydrogens (tertiary/aromatic N) is 1. The molecule has 120 valence electrons. The second kappa shape index (κ2) is 7.54. The summed E-state index contributed by atoms with van der Waals surface area (Å²) in [7, 11) is 2.71. The van der Waals surface area contributed by atoms with Crippen LogP contribution in [0.4, 0.5) is 0 Å². The first kappa shape index (κ1) is 16.7. The van der Waals surface area contributed by atoms with Gasteiger partial charge in [0.2, 0.25) is 0 Å². The van der Waals surface area contributed by atoms with Crippen molar-refractivity contribution < 1.29 is 19.1 Å². The van der Waals surface area contributed by atoms with Crippen molar-refractivity contribution in [3.8, 4) is 11.3 Å². The summed E-state index contributed by atoms with van der Waals surface area (Å²) in [4.78, 5) is 27.8. The molecule has 5 nitrogen and oxygen atoms in total. The van der Waals surface area contributed by atoms with Crippen LogP contribution >= 0.6 is 0 Å². The van der Waals surface area contributed by atoms with E-state index in [0.29, 0.717) is 5.69 Å². The van der Waals surface area contributed by atoms with Gasteiger partial charge in [-0.1, -0.05) is 23.8 Å². The number of hydrogen-bond donors (Lipinski definition) is 0. The van der Waals surface area contributed by atoms with Gasteiger partial charge in [-0.3, -0.25) is 14.6 Å². The Morgan fingerprint density at radius 3 is 2.00 bits per heavy atom. The zero-order valence-electron chi connectivity index (χ0n) is 13.5. The van der Waals surface area contributed by atoms with Crippen LogP contribution < -0.4 is 0 Å². The molecule has 1 aromatic carbocycles. The Morgan fingerprint density at radius 2 is 1.57 bits per heavy atom. The smallest absolute Gasteiger partial charge is 0.310 e. The fourth-order valence-corrected chi connectivity index (χ4v) is 2.52. The van der Waals surface area contributed by atoms with E-state index in [1.54, 1.807) is 6.20 Å². The molecule has 0 saturated heterocycles. The van der Waals surface area contributed by atoms with Crippen LogP contribution in [0.25, 0.3) is 11.3 Å². The zero-order chi connectivity index (χ0) is 16.8. The first-order valence-corrected chi connectivity index (χ1v) is 7.22. The van der Waals surface area contributed by atoms with Gasteiger partial charge in [-0.05, 0) is 30.2 Å². The average molecular weight is 313 g/mol. The van der Waals surface area contributed by atoms with Crippen molar-refractivity contribution in [1.82, 2.24) is 4.98 Å². The third kappa shape index (κ3) is 4.16.